The molecule has 0 radical (unpaired) electrons. The van der Waals surface area contributed by atoms with Gasteiger partial charge in [-0.2, -0.15) is 0 Å². The van der Waals surface area contributed by atoms with E-state index in [1.54, 1.807) is 0 Å². The van der Waals surface area contributed by atoms with Crippen molar-refractivity contribution >= 4 is 0 Å². The summed E-state index contributed by atoms with van der Waals surface area (Å²) in [7, 11) is 0. The molecule has 3 unspecified atom stereocenters. The number of allylic oxidation sites excluding steroid dienone is 1. The summed E-state index contributed by atoms with van der Waals surface area (Å²) in [4.78, 5) is 0. The van der Waals surface area contributed by atoms with Crippen LogP contribution in [0.4, 0.5) is 0 Å². The first kappa shape index (κ1) is 13.8. The third-order valence-electron chi connectivity index (χ3n) is 3.94. The average molecular weight is 223 g/mol. The van der Waals surface area contributed by atoms with E-state index in [9.17, 15) is 0 Å². The summed E-state index contributed by atoms with van der Waals surface area (Å²) in [6.45, 7) is 9.57. The van der Waals surface area contributed by atoms with E-state index in [1.165, 1.54) is 44.9 Å². The van der Waals surface area contributed by atoms with Crippen molar-refractivity contribution in [3.63, 3.8) is 0 Å². The molecule has 1 N–H and O–H groups in total. The lowest BCUT2D eigenvalue weighted by Gasteiger charge is -2.34. The van der Waals surface area contributed by atoms with Gasteiger partial charge in [0.15, 0.2) is 0 Å². The molecule has 0 bridgehead atoms. The van der Waals surface area contributed by atoms with Gasteiger partial charge in [0, 0.05) is 6.04 Å². The van der Waals surface area contributed by atoms with Crippen LogP contribution in [0.3, 0.4) is 0 Å². The van der Waals surface area contributed by atoms with Gasteiger partial charge in [0.05, 0.1) is 0 Å². The Hall–Kier alpha value is -0.300. The molecule has 1 aliphatic rings. The Balaban J connectivity index is 2.37. The van der Waals surface area contributed by atoms with Crippen LogP contribution in [0.5, 0.6) is 0 Å². The predicted molar refractivity (Wildman–Crippen MR) is 72.6 cm³/mol. The topological polar surface area (TPSA) is 12.0 Å². The van der Waals surface area contributed by atoms with Gasteiger partial charge in [0.1, 0.15) is 0 Å². The minimum absolute atomic E-state index is 0.757. The van der Waals surface area contributed by atoms with Gasteiger partial charge in [-0.25, -0.2) is 0 Å². The normalized spacial score (nSPS) is 27.6. The molecule has 1 aliphatic carbocycles. The van der Waals surface area contributed by atoms with Gasteiger partial charge in [-0.05, 0) is 50.5 Å². The van der Waals surface area contributed by atoms with Crippen LogP contribution in [0.15, 0.2) is 12.7 Å². The van der Waals surface area contributed by atoms with E-state index in [4.69, 9.17) is 0 Å². The van der Waals surface area contributed by atoms with Gasteiger partial charge in [-0.1, -0.05) is 32.8 Å². The van der Waals surface area contributed by atoms with E-state index in [0.717, 1.165) is 24.4 Å². The average Bonchev–Trinajstić information content (AvgIpc) is 2.28. The van der Waals surface area contributed by atoms with Crippen LogP contribution in [-0.4, -0.2) is 12.6 Å². The van der Waals surface area contributed by atoms with E-state index < -0.39 is 0 Å². The van der Waals surface area contributed by atoms with Crippen LogP contribution in [0.25, 0.3) is 0 Å². The summed E-state index contributed by atoms with van der Waals surface area (Å²) in [5, 5.41) is 3.70. The third kappa shape index (κ3) is 4.69. The van der Waals surface area contributed by atoms with Crippen molar-refractivity contribution in [2.24, 2.45) is 11.8 Å². The largest absolute Gasteiger partial charge is 0.314 e. The third-order valence-corrected chi connectivity index (χ3v) is 3.94. The zero-order chi connectivity index (χ0) is 11.8. The van der Waals surface area contributed by atoms with E-state index in [1.807, 2.05) is 6.08 Å². The van der Waals surface area contributed by atoms with Crippen LogP contribution >= 0.6 is 0 Å². The second-order valence-corrected chi connectivity index (χ2v) is 5.42. The lowest BCUT2D eigenvalue weighted by molar-refractivity contribution is 0.215. The zero-order valence-electron chi connectivity index (χ0n) is 11.2. The molecule has 94 valence electrons. The molecule has 3 atom stereocenters. The van der Waals surface area contributed by atoms with Crippen LogP contribution in [0.1, 0.15) is 58.8 Å². The summed E-state index contributed by atoms with van der Waals surface area (Å²) in [5.41, 5.74) is 0. The van der Waals surface area contributed by atoms with E-state index in [0.29, 0.717) is 0 Å². The second-order valence-electron chi connectivity index (χ2n) is 5.42. The van der Waals surface area contributed by atoms with Crippen molar-refractivity contribution in [1.82, 2.24) is 5.32 Å². The molecule has 1 fully saturated rings. The summed E-state index contributed by atoms with van der Waals surface area (Å²) in [5.74, 6) is 1.87. The summed E-state index contributed by atoms with van der Waals surface area (Å²) >= 11 is 0. The Labute approximate surface area is 102 Å². The van der Waals surface area contributed by atoms with Crippen molar-refractivity contribution < 1.29 is 0 Å². The molecule has 0 aromatic heterocycles. The van der Waals surface area contributed by atoms with E-state index >= 15 is 0 Å². The highest BCUT2D eigenvalue weighted by molar-refractivity contribution is 4.82. The first-order valence-electron chi connectivity index (χ1n) is 7.12. The molecule has 1 nitrogen and oxygen atoms in total. The minimum Gasteiger partial charge on any atom is -0.314 e. The van der Waals surface area contributed by atoms with Crippen LogP contribution < -0.4 is 5.32 Å². The lowest BCUT2D eigenvalue weighted by atomic mass is 9.77. The van der Waals surface area contributed by atoms with Gasteiger partial charge in [-0.3, -0.25) is 0 Å². The van der Waals surface area contributed by atoms with Gasteiger partial charge in [0.25, 0.3) is 0 Å². The number of rotatable bonds is 7. The summed E-state index contributed by atoms with van der Waals surface area (Å²) in [6.07, 6.45) is 11.6. The molecule has 0 heterocycles. The lowest BCUT2D eigenvalue weighted by Crippen LogP contribution is -2.38. The maximum atomic E-state index is 3.81. The maximum Gasteiger partial charge on any atom is 0.00954 e. The number of hydrogen-bond acceptors (Lipinski definition) is 1. The first-order valence-corrected chi connectivity index (χ1v) is 7.12. The molecule has 1 saturated carbocycles. The Morgan fingerprint density at radius 2 is 2.25 bits per heavy atom. The Morgan fingerprint density at radius 1 is 1.44 bits per heavy atom. The SMILES string of the molecule is C=CCCCC(NCC)C1CCCC(C)C1. The highest BCUT2D eigenvalue weighted by atomic mass is 14.9. The Bertz CT molecular complexity index is 188. The molecule has 16 heavy (non-hydrogen) atoms. The quantitative estimate of drug-likeness (QED) is 0.505. The maximum absolute atomic E-state index is 3.81. The van der Waals surface area contributed by atoms with Gasteiger partial charge >= 0.3 is 0 Å². The Morgan fingerprint density at radius 3 is 2.88 bits per heavy atom. The minimum atomic E-state index is 0.757. The molecular formula is C15H29N. The van der Waals surface area contributed by atoms with Crippen molar-refractivity contribution in [2.45, 2.75) is 64.8 Å². The van der Waals surface area contributed by atoms with Crippen LogP contribution in [0.2, 0.25) is 0 Å². The highest BCUT2D eigenvalue weighted by Gasteiger charge is 2.25. The standard InChI is InChI=1S/C15H29N/c1-4-6-7-11-15(16-5-2)14-10-8-9-13(3)12-14/h4,13-16H,1,5-12H2,2-3H3. The fourth-order valence-corrected chi connectivity index (χ4v) is 3.10. The van der Waals surface area contributed by atoms with E-state index in [2.05, 4.69) is 25.7 Å². The van der Waals surface area contributed by atoms with Gasteiger partial charge < -0.3 is 5.32 Å². The van der Waals surface area contributed by atoms with Crippen LogP contribution in [-0.2, 0) is 0 Å². The molecule has 1 heteroatoms. The van der Waals surface area contributed by atoms with Crippen molar-refractivity contribution in [2.75, 3.05) is 6.54 Å². The smallest absolute Gasteiger partial charge is 0.00954 e. The second kappa shape index (κ2) is 7.89. The molecule has 0 aromatic rings. The molecular weight excluding hydrogens is 194 g/mol. The zero-order valence-corrected chi connectivity index (χ0v) is 11.2. The fraction of sp³-hybridized carbons (Fsp3) is 0.867. The molecule has 0 spiro atoms. The summed E-state index contributed by atoms with van der Waals surface area (Å²) in [6, 6.07) is 0.757. The number of nitrogens with one attached hydrogen (secondary N) is 1. The predicted octanol–water partition coefficient (Wildman–Crippen LogP) is 4.15. The summed E-state index contributed by atoms with van der Waals surface area (Å²) < 4.78 is 0. The first-order chi connectivity index (χ1) is 7.77. The van der Waals surface area contributed by atoms with Crippen molar-refractivity contribution in [3.8, 4) is 0 Å². The molecule has 0 aromatic carbocycles. The van der Waals surface area contributed by atoms with Crippen LogP contribution in [0, 0.1) is 11.8 Å². The molecule has 0 saturated heterocycles. The van der Waals surface area contributed by atoms with Gasteiger partial charge in [-0.15, -0.1) is 6.58 Å². The monoisotopic (exact) mass is 223 g/mol. The Kier molecular flexibility index (Phi) is 6.79. The molecule has 0 amide bonds. The number of hydrogen-bond donors (Lipinski definition) is 1. The van der Waals surface area contributed by atoms with Gasteiger partial charge in [0.2, 0.25) is 0 Å². The fourth-order valence-electron chi connectivity index (χ4n) is 3.10. The highest BCUT2D eigenvalue weighted by Crippen LogP contribution is 2.32. The number of unbranched alkanes of at least 4 members (excludes halogenated alkanes) is 1. The molecule has 0 aliphatic heterocycles. The molecule has 1 rings (SSSR count). The van der Waals surface area contributed by atoms with E-state index in [-0.39, 0.29) is 0 Å². The van der Waals surface area contributed by atoms with Crippen molar-refractivity contribution in [3.05, 3.63) is 12.7 Å². The van der Waals surface area contributed by atoms with Crippen molar-refractivity contribution in [1.29, 1.82) is 0 Å².